The maximum absolute atomic E-state index is 5.17. The summed E-state index contributed by atoms with van der Waals surface area (Å²) in [6.45, 7) is 2.16. The van der Waals surface area contributed by atoms with Crippen molar-refractivity contribution in [3.05, 3.63) is 261 Å². The summed E-state index contributed by atoms with van der Waals surface area (Å²) in [4.78, 5) is 15.4. The molecule has 10 aromatic carbocycles. The molecule has 0 radical (unpaired) electrons. The van der Waals surface area contributed by atoms with Gasteiger partial charge in [0.05, 0.1) is 33.1 Å². The van der Waals surface area contributed by atoms with Gasteiger partial charge in [-0.05, 0) is 121 Å². The second-order valence-corrected chi connectivity index (χ2v) is 19.4. The van der Waals surface area contributed by atoms with E-state index in [1.165, 1.54) is 38.0 Å². The fourth-order valence-electron chi connectivity index (χ4n) is 11.5. The topological polar surface area (TPSA) is 58.4 Å². The Hall–Kier alpha value is -10.1. The van der Waals surface area contributed by atoms with Gasteiger partial charge in [-0.25, -0.2) is 15.0 Å². The summed E-state index contributed by atoms with van der Waals surface area (Å²) >= 11 is 0. The van der Waals surface area contributed by atoms with E-state index in [0.29, 0.717) is 17.5 Å². The van der Waals surface area contributed by atoms with Crippen LogP contribution in [0.3, 0.4) is 0 Å². The van der Waals surface area contributed by atoms with Crippen LogP contribution in [0.2, 0.25) is 0 Å². The van der Waals surface area contributed by atoms with Gasteiger partial charge in [-0.2, -0.15) is 0 Å². The Morgan fingerprint density at radius 3 is 1.36 bits per heavy atom. The van der Waals surface area contributed by atoms with Crippen molar-refractivity contribution in [2.45, 2.75) is 6.92 Å². The van der Waals surface area contributed by atoms with Gasteiger partial charge in [0.1, 0.15) is 0 Å². The minimum atomic E-state index is 0.620. The number of aromatic nitrogens is 7. The summed E-state index contributed by atoms with van der Waals surface area (Å²) in [5, 5.41) is 7.13. The number of hydrogen-bond donors (Lipinski definition) is 0. The summed E-state index contributed by atoms with van der Waals surface area (Å²) < 4.78 is 9.51. The number of hydrogen-bond acceptors (Lipinski definition) is 3. The molecule has 5 heterocycles. The van der Waals surface area contributed by atoms with Gasteiger partial charge in [0.15, 0.2) is 17.5 Å². The molecule has 0 unspecified atom stereocenters. The Kier molecular flexibility index (Phi) is 9.65. The SMILES string of the molecule is Cc1cc(-c2nc(-c3ccccc3)nc(-c3ccccc3)n2)cc(-n2c3ccc(-c4ccc5c(c4)c4ccc6ccn(-c7ccccc7)c6c4n5-c4ccccc4)cc3c3ccc4c(ccn4-c4ccccc4)c32)c1. The van der Waals surface area contributed by atoms with Crippen molar-refractivity contribution >= 4 is 65.4 Å². The fraction of sp³-hybridized carbons (Fsp3) is 0.0147. The van der Waals surface area contributed by atoms with Crippen LogP contribution in [0.1, 0.15) is 5.56 Å². The van der Waals surface area contributed by atoms with E-state index in [0.717, 1.165) is 83.6 Å². The van der Waals surface area contributed by atoms with E-state index in [4.69, 9.17) is 15.0 Å². The molecular weight excluding hydrogens is 915 g/mol. The molecule has 0 fully saturated rings. The number of rotatable bonds is 8. The zero-order chi connectivity index (χ0) is 49.6. The number of nitrogens with zero attached hydrogens (tertiary/aromatic N) is 7. The van der Waals surface area contributed by atoms with Crippen molar-refractivity contribution in [2.24, 2.45) is 0 Å². The first-order valence-electron chi connectivity index (χ1n) is 25.4. The van der Waals surface area contributed by atoms with Crippen LogP contribution in [0, 0.1) is 6.92 Å². The van der Waals surface area contributed by atoms with Crippen molar-refractivity contribution in [3.63, 3.8) is 0 Å². The number of aryl methyl sites for hydroxylation is 1. The molecule has 7 heteroatoms. The molecule has 0 N–H and O–H groups in total. The predicted molar refractivity (Wildman–Crippen MR) is 309 cm³/mol. The molecular formula is C68H45N7. The molecule has 75 heavy (non-hydrogen) atoms. The minimum absolute atomic E-state index is 0.620. The van der Waals surface area contributed by atoms with Crippen LogP contribution < -0.4 is 0 Å². The molecule has 0 atom stereocenters. The van der Waals surface area contributed by atoms with Crippen molar-refractivity contribution in [3.8, 4) is 68.0 Å². The number of benzene rings is 10. The summed E-state index contributed by atoms with van der Waals surface area (Å²) in [6.07, 6.45) is 4.39. The van der Waals surface area contributed by atoms with Crippen molar-refractivity contribution in [1.29, 1.82) is 0 Å². The smallest absolute Gasteiger partial charge is 0.164 e. The highest BCUT2D eigenvalue weighted by Crippen LogP contribution is 2.43. The summed E-state index contributed by atoms with van der Waals surface area (Å²) in [7, 11) is 0. The van der Waals surface area contributed by atoms with Crippen LogP contribution in [0.15, 0.2) is 255 Å². The van der Waals surface area contributed by atoms with Crippen LogP contribution in [-0.2, 0) is 0 Å². The molecule has 0 aliphatic rings. The first-order chi connectivity index (χ1) is 37.1. The first kappa shape index (κ1) is 42.6. The van der Waals surface area contributed by atoms with E-state index in [-0.39, 0.29) is 0 Å². The highest BCUT2D eigenvalue weighted by atomic mass is 15.1. The van der Waals surface area contributed by atoms with E-state index in [1.807, 2.05) is 36.4 Å². The highest BCUT2D eigenvalue weighted by molar-refractivity contribution is 6.21. The van der Waals surface area contributed by atoms with E-state index in [9.17, 15) is 0 Å². The average molecular weight is 960 g/mol. The zero-order valence-corrected chi connectivity index (χ0v) is 40.9. The molecule has 0 aliphatic heterocycles. The van der Waals surface area contributed by atoms with Crippen LogP contribution in [0.25, 0.3) is 133 Å². The highest BCUT2D eigenvalue weighted by Gasteiger charge is 2.22. The third-order valence-electron chi connectivity index (χ3n) is 14.9. The van der Waals surface area contributed by atoms with Crippen LogP contribution in [0.4, 0.5) is 0 Å². The minimum Gasteiger partial charge on any atom is -0.316 e. The average Bonchev–Trinajstić information content (AvgIpc) is 4.36. The first-order valence-corrected chi connectivity index (χ1v) is 25.4. The summed E-state index contributed by atoms with van der Waals surface area (Å²) in [6, 6.07) is 86.7. The number of fused-ring (bicyclic) bond motifs is 10. The molecule has 0 saturated carbocycles. The molecule has 0 bridgehead atoms. The van der Waals surface area contributed by atoms with Crippen LogP contribution in [0.5, 0.6) is 0 Å². The monoisotopic (exact) mass is 959 g/mol. The summed E-state index contributed by atoms with van der Waals surface area (Å²) in [5.41, 5.74) is 17.5. The third-order valence-corrected chi connectivity index (χ3v) is 14.9. The molecule has 15 aromatic rings. The van der Waals surface area contributed by atoms with Crippen molar-refractivity contribution in [1.82, 2.24) is 33.2 Å². The van der Waals surface area contributed by atoms with Gasteiger partial charge in [0.2, 0.25) is 0 Å². The largest absolute Gasteiger partial charge is 0.316 e. The van der Waals surface area contributed by atoms with Gasteiger partial charge < -0.3 is 18.3 Å². The van der Waals surface area contributed by atoms with Crippen molar-refractivity contribution < 1.29 is 0 Å². The van der Waals surface area contributed by atoms with Gasteiger partial charge in [0, 0.05) is 84.2 Å². The molecule has 352 valence electrons. The Balaban J connectivity index is 0.948. The molecule has 0 aliphatic carbocycles. The van der Waals surface area contributed by atoms with Gasteiger partial charge in [-0.3, -0.25) is 0 Å². The molecule has 0 amide bonds. The number of para-hydroxylation sites is 3. The molecule has 0 spiro atoms. The van der Waals surface area contributed by atoms with Gasteiger partial charge >= 0.3 is 0 Å². The Morgan fingerprint density at radius 1 is 0.280 bits per heavy atom. The van der Waals surface area contributed by atoms with Crippen LogP contribution in [-0.4, -0.2) is 33.2 Å². The maximum atomic E-state index is 5.17. The Bertz CT molecular complexity index is 4630. The normalized spacial score (nSPS) is 11.8. The van der Waals surface area contributed by atoms with E-state index in [1.54, 1.807) is 0 Å². The standard InChI is InChI=1S/C68H45N7/c1-44-39-50(68-70-66(46-17-7-2-8-18-46)69-67(71-68)47-19-9-3-10-20-47)41-54(40-44)75-62-33-29-48(42-58(62)55-31-34-60-57(64(55)75)36-38-72(60)51-21-11-4-12-22-51)49-28-32-61-59(43-49)56-30-27-45-35-37-73(52-23-13-5-14-24-52)63(45)65(56)74(61)53-25-15-6-16-26-53/h2-43H,1H3. The Morgan fingerprint density at radius 2 is 0.760 bits per heavy atom. The lowest BCUT2D eigenvalue weighted by molar-refractivity contribution is 1.07. The molecule has 15 rings (SSSR count). The molecule has 5 aromatic heterocycles. The predicted octanol–water partition coefficient (Wildman–Crippen LogP) is 16.9. The lowest BCUT2D eigenvalue weighted by Crippen LogP contribution is -2.02. The fourth-order valence-corrected chi connectivity index (χ4v) is 11.5. The maximum Gasteiger partial charge on any atom is 0.164 e. The van der Waals surface area contributed by atoms with E-state index >= 15 is 0 Å². The zero-order valence-electron chi connectivity index (χ0n) is 40.9. The van der Waals surface area contributed by atoms with Gasteiger partial charge in [-0.1, -0.05) is 146 Å². The quantitative estimate of drug-likeness (QED) is 0.152. The summed E-state index contributed by atoms with van der Waals surface area (Å²) in [5.74, 6) is 1.89. The van der Waals surface area contributed by atoms with Crippen molar-refractivity contribution in [2.75, 3.05) is 0 Å². The lowest BCUT2D eigenvalue weighted by atomic mass is 10.00. The Labute approximate surface area is 432 Å². The molecule has 7 nitrogen and oxygen atoms in total. The van der Waals surface area contributed by atoms with Gasteiger partial charge in [0.25, 0.3) is 0 Å². The second kappa shape index (κ2) is 17.0. The van der Waals surface area contributed by atoms with E-state index < -0.39 is 0 Å². The molecule has 0 saturated heterocycles. The van der Waals surface area contributed by atoms with E-state index in [2.05, 4.69) is 244 Å². The van der Waals surface area contributed by atoms with Crippen LogP contribution >= 0.6 is 0 Å². The third kappa shape index (κ3) is 6.93. The lowest BCUT2D eigenvalue weighted by Gasteiger charge is -2.14. The second-order valence-electron chi connectivity index (χ2n) is 19.4. The van der Waals surface area contributed by atoms with Gasteiger partial charge in [-0.15, -0.1) is 0 Å².